The summed E-state index contributed by atoms with van der Waals surface area (Å²) in [6, 6.07) is 26.6. The Morgan fingerprint density at radius 1 is 0.417 bits per heavy atom. The van der Waals surface area contributed by atoms with Crippen molar-refractivity contribution < 1.29 is 0 Å². The van der Waals surface area contributed by atoms with Gasteiger partial charge in [0.15, 0.2) is 0 Å². The van der Waals surface area contributed by atoms with Gasteiger partial charge in [-0.15, -0.1) is 0 Å². The van der Waals surface area contributed by atoms with Gasteiger partial charge >= 0.3 is 0 Å². The number of aryl methyl sites for hydroxylation is 4. The summed E-state index contributed by atoms with van der Waals surface area (Å²) in [5.74, 6) is 0. The van der Waals surface area contributed by atoms with Gasteiger partial charge in [-0.3, -0.25) is 9.97 Å². The summed E-state index contributed by atoms with van der Waals surface area (Å²) in [7, 11) is 0. The first-order valence-corrected chi connectivity index (χ1v) is 13.8. The number of aromatic nitrogens is 2. The van der Waals surface area contributed by atoms with Crippen molar-refractivity contribution in [3.05, 3.63) is 107 Å². The van der Waals surface area contributed by atoms with Crippen LogP contribution in [0.1, 0.15) is 74.6 Å². The minimum Gasteiger partial charge on any atom is -0.256 e. The predicted octanol–water partition coefficient (Wildman–Crippen LogP) is 9.06. The van der Waals surface area contributed by atoms with Crippen molar-refractivity contribution in [2.24, 2.45) is 0 Å². The fourth-order valence-electron chi connectivity index (χ4n) is 4.62. The van der Waals surface area contributed by atoms with Crippen LogP contribution >= 0.6 is 0 Å². The molecule has 4 rings (SSSR count). The van der Waals surface area contributed by atoms with Crippen LogP contribution in [-0.2, 0) is 25.7 Å². The first-order chi connectivity index (χ1) is 17.7. The number of hydrogen-bond donors (Lipinski definition) is 0. The molecule has 0 aliphatic rings. The second-order valence-corrected chi connectivity index (χ2v) is 9.91. The van der Waals surface area contributed by atoms with E-state index < -0.39 is 0 Å². The van der Waals surface area contributed by atoms with Gasteiger partial charge in [0.2, 0.25) is 0 Å². The Labute approximate surface area is 217 Å². The molecule has 0 saturated carbocycles. The highest BCUT2D eigenvalue weighted by Crippen LogP contribution is 2.21. The van der Waals surface area contributed by atoms with Gasteiger partial charge < -0.3 is 0 Å². The van der Waals surface area contributed by atoms with E-state index in [2.05, 4.69) is 86.6 Å². The Hall–Kier alpha value is -3.26. The zero-order chi connectivity index (χ0) is 25.0. The molecule has 0 amide bonds. The van der Waals surface area contributed by atoms with Gasteiger partial charge in [-0.2, -0.15) is 0 Å². The zero-order valence-corrected chi connectivity index (χ0v) is 22.0. The summed E-state index contributed by atoms with van der Waals surface area (Å²) >= 11 is 0. The number of pyridine rings is 2. The van der Waals surface area contributed by atoms with Gasteiger partial charge in [0.1, 0.15) is 0 Å². The molecular weight excluding hydrogens is 436 g/mol. The van der Waals surface area contributed by atoms with Crippen LogP contribution in [0.3, 0.4) is 0 Å². The van der Waals surface area contributed by atoms with Gasteiger partial charge in [0.25, 0.3) is 0 Å². The molecule has 186 valence electrons. The van der Waals surface area contributed by atoms with Gasteiger partial charge in [-0.1, -0.05) is 100 Å². The minimum atomic E-state index is 1.04. The third kappa shape index (κ3) is 7.62. The van der Waals surface area contributed by atoms with Crippen LogP contribution < -0.4 is 0 Å². The lowest BCUT2D eigenvalue weighted by atomic mass is 10.0. The fraction of sp³-hybridized carbons (Fsp3) is 0.353. The van der Waals surface area contributed by atoms with Gasteiger partial charge in [0.05, 0.1) is 11.4 Å². The van der Waals surface area contributed by atoms with Gasteiger partial charge in [-0.05, 0) is 72.9 Å². The molecule has 0 aliphatic heterocycles. The van der Waals surface area contributed by atoms with Crippen molar-refractivity contribution in [2.75, 3.05) is 0 Å². The van der Waals surface area contributed by atoms with E-state index in [1.165, 1.54) is 71.9 Å². The third-order valence-corrected chi connectivity index (χ3v) is 6.99. The van der Waals surface area contributed by atoms with E-state index in [9.17, 15) is 0 Å². The van der Waals surface area contributed by atoms with E-state index >= 15 is 0 Å². The molecule has 2 aromatic carbocycles. The van der Waals surface area contributed by atoms with E-state index in [0.717, 1.165) is 37.1 Å². The Bertz CT molecular complexity index is 1060. The molecule has 4 aromatic rings. The van der Waals surface area contributed by atoms with Crippen molar-refractivity contribution >= 4 is 0 Å². The number of unbranched alkanes of at least 4 members (excludes halogenated alkanes) is 4. The summed E-state index contributed by atoms with van der Waals surface area (Å²) in [5.41, 5.74) is 9.88. The van der Waals surface area contributed by atoms with E-state index in [1.807, 2.05) is 12.4 Å². The predicted molar refractivity (Wildman–Crippen MR) is 153 cm³/mol. The SMILES string of the molecule is CCCCCc1ccc(-c2ccc(CCc3ccc(-c4ccc(CCCCC)cn4)cc3)cc2)nc1. The molecule has 0 spiro atoms. The highest BCUT2D eigenvalue weighted by Gasteiger charge is 2.04. The van der Waals surface area contributed by atoms with Crippen LogP contribution in [0.5, 0.6) is 0 Å². The minimum absolute atomic E-state index is 1.04. The zero-order valence-electron chi connectivity index (χ0n) is 22.0. The largest absolute Gasteiger partial charge is 0.256 e. The normalized spacial score (nSPS) is 11.1. The number of rotatable bonds is 13. The molecule has 0 unspecified atom stereocenters. The second kappa shape index (κ2) is 13.7. The van der Waals surface area contributed by atoms with Crippen molar-refractivity contribution in [1.29, 1.82) is 0 Å². The monoisotopic (exact) mass is 476 g/mol. The molecular formula is C34H40N2. The van der Waals surface area contributed by atoms with Crippen LogP contribution in [0.2, 0.25) is 0 Å². The highest BCUT2D eigenvalue weighted by molar-refractivity contribution is 5.60. The summed E-state index contributed by atoms with van der Waals surface area (Å²) in [6.07, 6.45) is 16.0. The maximum Gasteiger partial charge on any atom is 0.0702 e. The lowest BCUT2D eigenvalue weighted by Crippen LogP contribution is -1.93. The number of nitrogens with zero attached hydrogens (tertiary/aromatic N) is 2. The standard InChI is InChI=1S/C34H40N2/c1-3-5-7-9-29-17-23-33(35-25-29)31-19-13-27(14-20-31)11-12-28-15-21-32(22-16-28)34-24-18-30(26-36-34)10-8-6-4-2/h13-26H,3-12H2,1-2H3. The lowest BCUT2D eigenvalue weighted by molar-refractivity contribution is 0.716. The van der Waals surface area contributed by atoms with Crippen LogP contribution in [0.15, 0.2) is 85.2 Å². The molecule has 2 aromatic heterocycles. The highest BCUT2D eigenvalue weighted by atomic mass is 14.7. The number of benzene rings is 2. The average molecular weight is 477 g/mol. The summed E-state index contributed by atoms with van der Waals surface area (Å²) < 4.78 is 0. The van der Waals surface area contributed by atoms with Crippen molar-refractivity contribution in [2.45, 2.75) is 78.1 Å². The van der Waals surface area contributed by atoms with Crippen molar-refractivity contribution in [3.63, 3.8) is 0 Å². The molecule has 2 heterocycles. The fourth-order valence-corrected chi connectivity index (χ4v) is 4.62. The average Bonchev–Trinajstić information content (AvgIpc) is 2.94. The molecule has 2 nitrogen and oxygen atoms in total. The first kappa shape index (κ1) is 25.8. The van der Waals surface area contributed by atoms with E-state index in [-0.39, 0.29) is 0 Å². The third-order valence-electron chi connectivity index (χ3n) is 6.99. The molecule has 0 aliphatic carbocycles. The maximum atomic E-state index is 4.70. The Morgan fingerprint density at radius 2 is 0.806 bits per heavy atom. The molecule has 0 radical (unpaired) electrons. The maximum absolute atomic E-state index is 4.70. The second-order valence-electron chi connectivity index (χ2n) is 9.91. The molecule has 0 fully saturated rings. The summed E-state index contributed by atoms with van der Waals surface area (Å²) in [5, 5.41) is 0. The molecule has 36 heavy (non-hydrogen) atoms. The van der Waals surface area contributed by atoms with Crippen LogP contribution in [0.4, 0.5) is 0 Å². The molecule has 0 saturated heterocycles. The number of hydrogen-bond acceptors (Lipinski definition) is 2. The van der Waals surface area contributed by atoms with E-state index in [1.54, 1.807) is 0 Å². The van der Waals surface area contributed by atoms with E-state index in [0.29, 0.717) is 0 Å². The quantitative estimate of drug-likeness (QED) is 0.180. The van der Waals surface area contributed by atoms with Crippen LogP contribution in [0, 0.1) is 0 Å². The summed E-state index contributed by atoms with van der Waals surface area (Å²) in [4.78, 5) is 9.40. The van der Waals surface area contributed by atoms with Crippen molar-refractivity contribution in [3.8, 4) is 22.5 Å². The molecule has 0 atom stereocenters. The van der Waals surface area contributed by atoms with Gasteiger partial charge in [-0.25, -0.2) is 0 Å². The Balaban J connectivity index is 1.28. The summed E-state index contributed by atoms with van der Waals surface area (Å²) in [6.45, 7) is 4.49. The smallest absolute Gasteiger partial charge is 0.0702 e. The lowest BCUT2D eigenvalue weighted by Gasteiger charge is -2.07. The molecule has 0 bridgehead atoms. The first-order valence-electron chi connectivity index (χ1n) is 13.8. The van der Waals surface area contributed by atoms with Crippen molar-refractivity contribution in [1.82, 2.24) is 9.97 Å². The van der Waals surface area contributed by atoms with Gasteiger partial charge in [0, 0.05) is 23.5 Å². The van der Waals surface area contributed by atoms with Crippen LogP contribution in [0.25, 0.3) is 22.5 Å². The molecule has 0 N–H and O–H groups in total. The van der Waals surface area contributed by atoms with Crippen LogP contribution in [-0.4, -0.2) is 9.97 Å². The topological polar surface area (TPSA) is 25.8 Å². The Morgan fingerprint density at radius 3 is 1.14 bits per heavy atom. The Kier molecular flexibility index (Phi) is 9.85. The van der Waals surface area contributed by atoms with E-state index in [4.69, 9.17) is 9.97 Å². The molecule has 2 heteroatoms.